The minimum Gasteiger partial charge on any atom is -0.381 e. The Morgan fingerprint density at radius 2 is 2.05 bits per heavy atom. The summed E-state index contributed by atoms with van der Waals surface area (Å²) in [6.45, 7) is 1.44. The van der Waals surface area contributed by atoms with Gasteiger partial charge < -0.3 is 9.26 Å². The molecule has 100 valence electrons. The first-order valence-electron chi connectivity index (χ1n) is 6.67. The normalized spacial score (nSPS) is 18.7. The molecule has 2 aromatic heterocycles. The number of ether oxygens (including phenoxy) is 1. The SMILES string of the molecule is c1ccc2cc(-c3nc([C@@H]4CCOC4)no3)ncc2c1. The van der Waals surface area contributed by atoms with Crippen LogP contribution in [0.1, 0.15) is 18.2 Å². The van der Waals surface area contributed by atoms with Crippen LogP contribution in [0.15, 0.2) is 41.1 Å². The summed E-state index contributed by atoms with van der Waals surface area (Å²) in [7, 11) is 0. The van der Waals surface area contributed by atoms with Crippen molar-refractivity contribution < 1.29 is 9.26 Å². The fourth-order valence-corrected chi connectivity index (χ4v) is 2.44. The molecule has 20 heavy (non-hydrogen) atoms. The second-order valence-electron chi connectivity index (χ2n) is 4.93. The van der Waals surface area contributed by atoms with Crippen LogP contribution < -0.4 is 0 Å². The topological polar surface area (TPSA) is 61.0 Å². The van der Waals surface area contributed by atoms with E-state index in [9.17, 15) is 0 Å². The molecule has 1 aliphatic rings. The van der Waals surface area contributed by atoms with Gasteiger partial charge in [0.1, 0.15) is 5.69 Å². The first-order valence-corrected chi connectivity index (χ1v) is 6.67. The van der Waals surface area contributed by atoms with Gasteiger partial charge >= 0.3 is 0 Å². The quantitative estimate of drug-likeness (QED) is 0.714. The number of hydrogen-bond donors (Lipinski definition) is 0. The van der Waals surface area contributed by atoms with E-state index in [2.05, 4.69) is 15.1 Å². The molecule has 1 fully saturated rings. The lowest BCUT2D eigenvalue weighted by Crippen LogP contribution is -1.99. The van der Waals surface area contributed by atoms with Gasteiger partial charge in [-0.15, -0.1) is 0 Å². The molecule has 1 saturated heterocycles. The van der Waals surface area contributed by atoms with Crippen molar-refractivity contribution in [2.45, 2.75) is 12.3 Å². The lowest BCUT2D eigenvalue weighted by atomic mass is 10.1. The first-order chi connectivity index (χ1) is 9.90. The van der Waals surface area contributed by atoms with Crippen LogP contribution in [0.3, 0.4) is 0 Å². The average Bonchev–Trinajstić information content (AvgIpc) is 3.17. The van der Waals surface area contributed by atoms with Gasteiger partial charge in [0.2, 0.25) is 0 Å². The van der Waals surface area contributed by atoms with Gasteiger partial charge in [-0.3, -0.25) is 4.98 Å². The highest BCUT2D eigenvalue weighted by Crippen LogP contribution is 2.26. The third-order valence-electron chi connectivity index (χ3n) is 3.59. The Hall–Kier alpha value is -2.27. The van der Waals surface area contributed by atoms with E-state index >= 15 is 0 Å². The van der Waals surface area contributed by atoms with E-state index in [0.29, 0.717) is 24.0 Å². The molecule has 0 unspecified atom stereocenters. The molecule has 1 aliphatic heterocycles. The monoisotopic (exact) mass is 267 g/mol. The summed E-state index contributed by atoms with van der Waals surface area (Å²) in [4.78, 5) is 8.84. The second-order valence-corrected chi connectivity index (χ2v) is 4.93. The molecule has 5 heteroatoms. The Morgan fingerprint density at radius 1 is 1.15 bits per heavy atom. The van der Waals surface area contributed by atoms with Gasteiger partial charge in [-0.1, -0.05) is 29.4 Å². The molecule has 0 amide bonds. The fourth-order valence-electron chi connectivity index (χ4n) is 2.44. The summed E-state index contributed by atoms with van der Waals surface area (Å²) in [5.41, 5.74) is 0.710. The molecule has 0 aliphatic carbocycles. The minimum absolute atomic E-state index is 0.243. The highest BCUT2D eigenvalue weighted by Gasteiger charge is 2.23. The first kappa shape index (κ1) is 11.5. The molecular formula is C15H13N3O2. The molecule has 3 heterocycles. The number of benzene rings is 1. The van der Waals surface area contributed by atoms with Gasteiger partial charge in [-0.2, -0.15) is 4.98 Å². The second kappa shape index (κ2) is 4.68. The Kier molecular flexibility index (Phi) is 2.70. The number of hydrogen-bond acceptors (Lipinski definition) is 5. The van der Waals surface area contributed by atoms with Gasteiger partial charge in [0.15, 0.2) is 5.82 Å². The molecule has 0 saturated carbocycles. The van der Waals surface area contributed by atoms with Crippen molar-refractivity contribution in [1.29, 1.82) is 0 Å². The van der Waals surface area contributed by atoms with Crippen LogP contribution in [0.2, 0.25) is 0 Å². The molecular weight excluding hydrogens is 254 g/mol. The van der Waals surface area contributed by atoms with Crippen molar-refractivity contribution in [3.8, 4) is 11.6 Å². The van der Waals surface area contributed by atoms with Gasteiger partial charge in [0, 0.05) is 24.1 Å². The van der Waals surface area contributed by atoms with E-state index in [1.807, 2.05) is 36.5 Å². The van der Waals surface area contributed by atoms with Gasteiger partial charge in [-0.05, 0) is 17.9 Å². The zero-order valence-electron chi connectivity index (χ0n) is 10.8. The molecule has 1 aromatic carbocycles. The maximum Gasteiger partial charge on any atom is 0.276 e. The van der Waals surface area contributed by atoms with Gasteiger partial charge in [0.05, 0.1) is 6.61 Å². The molecule has 3 aromatic rings. The van der Waals surface area contributed by atoms with Crippen LogP contribution >= 0.6 is 0 Å². The van der Waals surface area contributed by atoms with E-state index in [1.165, 1.54) is 0 Å². The predicted molar refractivity (Wildman–Crippen MR) is 73.2 cm³/mol. The number of nitrogens with zero attached hydrogens (tertiary/aromatic N) is 3. The van der Waals surface area contributed by atoms with Crippen molar-refractivity contribution in [3.05, 3.63) is 42.4 Å². The minimum atomic E-state index is 0.243. The summed E-state index contributed by atoms with van der Waals surface area (Å²) in [6, 6.07) is 10.0. The lowest BCUT2D eigenvalue weighted by molar-refractivity contribution is 0.192. The largest absolute Gasteiger partial charge is 0.381 e. The highest BCUT2D eigenvalue weighted by molar-refractivity contribution is 5.84. The number of fused-ring (bicyclic) bond motifs is 1. The molecule has 4 rings (SSSR count). The van der Waals surface area contributed by atoms with Crippen molar-refractivity contribution in [2.24, 2.45) is 0 Å². The van der Waals surface area contributed by atoms with E-state index in [0.717, 1.165) is 23.8 Å². The van der Waals surface area contributed by atoms with Crippen molar-refractivity contribution in [1.82, 2.24) is 15.1 Å². The molecule has 0 radical (unpaired) electrons. The molecule has 1 atom stereocenters. The molecule has 0 N–H and O–H groups in total. The predicted octanol–water partition coefficient (Wildman–Crippen LogP) is 2.79. The zero-order valence-corrected chi connectivity index (χ0v) is 10.8. The summed E-state index contributed by atoms with van der Waals surface area (Å²) in [5.74, 6) is 1.43. The van der Waals surface area contributed by atoms with Crippen molar-refractivity contribution >= 4 is 10.8 Å². The van der Waals surface area contributed by atoms with Crippen LogP contribution in [-0.2, 0) is 4.74 Å². The molecule has 5 nitrogen and oxygen atoms in total. The summed E-state index contributed by atoms with van der Waals surface area (Å²) in [5, 5.41) is 6.26. The maximum atomic E-state index is 5.35. The van der Waals surface area contributed by atoms with Crippen molar-refractivity contribution in [2.75, 3.05) is 13.2 Å². The van der Waals surface area contributed by atoms with Crippen LogP contribution in [0.5, 0.6) is 0 Å². The van der Waals surface area contributed by atoms with Crippen LogP contribution in [-0.4, -0.2) is 28.3 Å². The molecule has 0 bridgehead atoms. The Labute approximate surface area is 115 Å². The lowest BCUT2D eigenvalue weighted by Gasteiger charge is -1.99. The fraction of sp³-hybridized carbons (Fsp3) is 0.267. The third kappa shape index (κ3) is 1.96. The van der Waals surface area contributed by atoms with Gasteiger partial charge in [-0.25, -0.2) is 0 Å². The van der Waals surface area contributed by atoms with Gasteiger partial charge in [0.25, 0.3) is 5.89 Å². The number of pyridine rings is 1. The zero-order chi connectivity index (χ0) is 13.4. The summed E-state index contributed by atoms with van der Waals surface area (Å²) in [6.07, 6.45) is 2.78. The summed E-state index contributed by atoms with van der Waals surface area (Å²) < 4.78 is 10.7. The average molecular weight is 267 g/mol. The smallest absolute Gasteiger partial charge is 0.276 e. The van der Waals surface area contributed by atoms with E-state index in [1.54, 1.807) is 0 Å². The van der Waals surface area contributed by atoms with Crippen molar-refractivity contribution in [3.63, 3.8) is 0 Å². The standard InChI is InChI=1S/C15H13N3O2/c1-2-4-11-8-16-13(7-10(11)3-1)15-17-14(18-20-15)12-5-6-19-9-12/h1-4,7-8,12H,5-6,9H2/t12-/m1/s1. The maximum absolute atomic E-state index is 5.35. The Balaban J connectivity index is 1.71. The van der Waals surface area contributed by atoms with Crippen LogP contribution in [0.25, 0.3) is 22.4 Å². The van der Waals surface area contributed by atoms with Crippen LogP contribution in [0, 0.1) is 0 Å². The third-order valence-corrected chi connectivity index (χ3v) is 3.59. The highest BCUT2D eigenvalue weighted by atomic mass is 16.5. The molecule has 0 spiro atoms. The Morgan fingerprint density at radius 3 is 2.90 bits per heavy atom. The number of rotatable bonds is 2. The number of aromatic nitrogens is 3. The summed E-state index contributed by atoms with van der Waals surface area (Å²) >= 11 is 0. The Bertz CT molecular complexity index is 747. The van der Waals surface area contributed by atoms with E-state index < -0.39 is 0 Å². The van der Waals surface area contributed by atoms with Crippen LogP contribution in [0.4, 0.5) is 0 Å². The van der Waals surface area contributed by atoms with E-state index in [4.69, 9.17) is 9.26 Å². The van der Waals surface area contributed by atoms with E-state index in [-0.39, 0.29) is 5.92 Å².